The molecular weight excluding hydrogens is 354 g/mol. The van der Waals surface area contributed by atoms with Crippen LogP contribution in [0.1, 0.15) is 37.4 Å². The van der Waals surface area contributed by atoms with Gasteiger partial charge in [0.1, 0.15) is 30.5 Å². The van der Waals surface area contributed by atoms with Crippen molar-refractivity contribution >= 4 is 5.91 Å². The van der Waals surface area contributed by atoms with Gasteiger partial charge in [-0.05, 0) is 38.3 Å². The number of rotatable bonds is 5. The Kier molecular flexibility index (Phi) is 4.89. The minimum Gasteiger partial charge on any atom is -0.490 e. The van der Waals surface area contributed by atoms with Gasteiger partial charge in [0.2, 0.25) is 5.91 Å². The highest BCUT2D eigenvalue weighted by atomic mass is 16.6. The molecule has 0 unspecified atom stereocenters. The van der Waals surface area contributed by atoms with E-state index in [0.717, 1.165) is 16.9 Å². The highest BCUT2D eigenvalue weighted by Crippen LogP contribution is 2.47. The molecule has 28 heavy (non-hydrogen) atoms. The number of hydrogen-bond donors (Lipinski definition) is 0. The molecule has 0 N–H and O–H groups in total. The van der Waals surface area contributed by atoms with Gasteiger partial charge in [-0.2, -0.15) is 0 Å². The van der Waals surface area contributed by atoms with Gasteiger partial charge in [0, 0.05) is 23.9 Å². The molecule has 2 aliphatic heterocycles. The zero-order chi connectivity index (χ0) is 19.7. The van der Waals surface area contributed by atoms with Crippen molar-refractivity contribution in [3.05, 3.63) is 66.8 Å². The number of fused-ring (bicyclic) bond motifs is 3. The highest BCUT2D eigenvalue weighted by molar-refractivity contribution is 5.81. The van der Waals surface area contributed by atoms with Crippen LogP contribution in [0.25, 0.3) is 0 Å². The fraction of sp³-hybridized carbons (Fsp3) is 0.409. The monoisotopic (exact) mass is 379 g/mol. The summed E-state index contributed by atoms with van der Waals surface area (Å²) in [5.74, 6) is 0.623. The summed E-state index contributed by atoms with van der Waals surface area (Å²) in [6, 6.07) is 7.72. The standard InChI is InChI=1S/C22H25N3O3/c1-4-7-16(10-15-11-23-14-24-12-15)21(26)25-20-17-8-5-6-9-18(17)27-13-19(20)28-22(25,2)3/h4-6,8-9,11-12,14,16,19-20H,1,7,10,13H2,2-3H3/t16-,19+,20-/m0/s1. The van der Waals surface area contributed by atoms with Crippen LogP contribution in [0.2, 0.25) is 0 Å². The molecule has 1 aromatic heterocycles. The van der Waals surface area contributed by atoms with Gasteiger partial charge in [0.05, 0.1) is 6.04 Å². The largest absolute Gasteiger partial charge is 0.490 e. The number of carbonyl (C=O) groups excluding carboxylic acids is 1. The lowest BCUT2D eigenvalue weighted by atomic mass is 9.92. The van der Waals surface area contributed by atoms with E-state index in [4.69, 9.17) is 9.47 Å². The van der Waals surface area contributed by atoms with E-state index in [1.807, 2.05) is 43.0 Å². The van der Waals surface area contributed by atoms with Crippen molar-refractivity contribution in [3.8, 4) is 5.75 Å². The molecule has 0 aliphatic carbocycles. The molecule has 0 spiro atoms. The van der Waals surface area contributed by atoms with Crippen LogP contribution in [0, 0.1) is 5.92 Å². The molecule has 6 heteroatoms. The summed E-state index contributed by atoms with van der Waals surface area (Å²) in [5.41, 5.74) is 1.21. The molecule has 2 aliphatic rings. The third-order valence-corrected chi connectivity index (χ3v) is 5.43. The molecule has 3 atom stereocenters. The molecular formula is C22H25N3O3. The molecule has 1 saturated heterocycles. The van der Waals surface area contributed by atoms with E-state index >= 15 is 0 Å². The van der Waals surface area contributed by atoms with Crippen molar-refractivity contribution in [2.45, 2.75) is 44.6 Å². The lowest BCUT2D eigenvalue weighted by Gasteiger charge is -2.37. The molecule has 146 valence electrons. The quantitative estimate of drug-likeness (QED) is 0.746. The first kappa shape index (κ1) is 18.6. The Morgan fingerprint density at radius 2 is 2.11 bits per heavy atom. The van der Waals surface area contributed by atoms with Gasteiger partial charge in [-0.25, -0.2) is 9.97 Å². The van der Waals surface area contributed by atoms with Crippen molar-refractivity contribution in [3.63, 3.8) is 0 Å². The number of para-hydroxylation sites is 1. The zero-order valence-electron chi connectivity index (χ0n) is 16.2. The van der Waals surface area contributed by atoms with E-state index in [1.54, 1.807) is 18.5 Å². The maximum Gasteiger partial charge on any atom is 0.229 e. The van der Waals surface area contributed by atoms with Gasteiger partial charge in [0.15, 0.2) is 0 Å². The van der Waals surface area contributed by atoms with Crippen molar-refractivity contribution in [1.29, 1.82) is 0 Å². The second-order valence-corrected chi connectivity index (χ2v) is 7.78. The predicted molar refractivity (Wildman–Crippen MR) is 105 cm³/mol. The molecule has 1 amide bonds. The Balaban J connectivity index is 1.68. The summed E-state index contributed by atoms with van der Waals surface area (Å²) >= 11 is 0. The van der Waals surface area contributed by atoms with E-state index in [9.17, 15) is 4.79 Å². The Hall–Kier alpha value is -2.73. The van der Waals surface area contributed by atoms with Crippen molar-refractivity contribution in [2.75, 3.05) is 6.61 Å². The van der Waals surface area contributed by atoms with E-state index in [0.29, 0.717) is 19.4 Å². The van der Waals surface area contributed by atoms with E-state index in [-0.39, 0.29) is 24.0 Å². The molecule has 0 bridgehead atoms. The minimum absolute atomic E-state index is 0.0537. The summed E-state index contributed by atoms with van der Waals surface area (Å²) in [7, 11) is 0. The Morgan fingerprint density at radius 1 is 1.36 bits per heavy atom. The maximum atomic E-state index is 13.7. The topological polar surface area (TPSA) is 64.6 Å². The van der Waals surface area contributed by atoms with Crippen molar-refractivity contribution in [1.82, 2.24) is 14.9 Å². The van der Waals surface area contributed by atoms with Crippen LogP contribution in [-0.4, -0.2) is 39.2 Å². The second kappa shape index (κ2) is 7.36. The number of amides is 1. The van der Waals surface area contributed by atoms with Crippen molar-refractivity contribution < 1.29 is 14.3 Å². The summed E-state index contributed by atoms with van der Waals surface area (Å²) in [6.07, 6.45) is 7.77. The summed E-state index contributed by atoms with van der Waals surface area (Å²) in [4.78, 5) is 23.8. The SMILES string of the molecule is C=CC[C@@H](Cc1cncnc1)C(=O)N1[C@H]2c3ccccc3OC[C@H]2OC1(C)C. The molecule has 0 saturated carbocycles. The van der Waals surface area contributed by atoms with Crippen molar-refractivity contribution in [2.24, 2.45) is 5.92 Å². The number of carbonyl (C=O) groups is 1. The summed E-state index contributed by atoms with van der Waals surface area (Å²) in [6.45, 7) is 8.18. The molecule has 1 fully saturated rings. The predicted octanol–water partition coefficient (Wildman–Crippen LogP) is 3.31. The molecule has 6 nitrogen and oxygen atoms in total. The molecule has 1 aromatic carbocycles. The molecule has 4 rings (SSSR count). The third kappa shape index (κ3) is 3.29. The maximum absolute atomic E-state index is 13.7. The third-order valence-electron chi connectivity index (χ3n) is 5.43. The minimum atomic E-state index is -0.722. The fourth-order valence-electron chi connectivity index (χ4n) is 4.28. The Bertz CT molecular complexity index is 868. The van der Waals surface area contributed by atoms with E-state index in [2.05, 4.69) is 16.5 Å². The van der Waals surface area contributed by atoms with Crippen LogP contribution in [0.5, 0.6) is 5.75 Å². The first-order valence-corrected chi connectivity index (χ1v) is 9.59. The first-order chi connectivity index (χ1) is 13.5. The van der Waals surface area contributed by atoms with Gasteiger partial charge in [-0.1, -0.05) is 24.3 Å². The van der Waals surface area contributed by atoms with Gasteiger partial charge in [0.25, 0.3) is 0 Å². The lowest BCUT2D eigenvalue weighted by molar-refractivity contribution is -0.152. The molecule has 3 heterocycles. The average molecular weight is 379 g/mol. The fourth-order valence-corrected chi connectivity index (χ4v) is 4.28. The summed E-state index contributed by atoms with van der Waals surface area (Å²) < 4.78 is 12.1. The number of ether oxygens (including phenoxy) is 2. The van der Waals surface area contributed by atoms with E-state index < -0.39 is 5.72 Å². The number of benzene rings is 1. The smallest absolute Gasteiger partial charge is 0.229 e. The van der Waals surface area contributed by atoms with Crippen LogP contribution in [-0.2, 0) is 16.0 Å². The average Bonchev–Trinajstić information content (AvgIpc) is 2.98. The van der Waals surface area contributed by atoms with Gasteiger partial charge < -0.3 is 14.4 Å². The number of aromatic nitrogens is 2. The normalized spacial score (nSPS) is 23.3. The number of hydrogen-bond acceptors (Lipinski definition) is 5. The highest BCUT2D eigenvalue weighted by Gasteiger charge is 2.53. The zero-order valence-corrected chi connectivity index (χ0v) is 16.2. The van der Waals surface area contributed by atoms with Gasteiger partial charge >= 0.3 is 0 Å². The molecule has 0 radical (unpaired) electrons. The lowest BCUT2D eigenvalue weighted by Crippen LogP contribution is -2.48. The first-order valence-electron chi connectivity index (χ1n) is 9.59. The van der Waals surface area contributed by atoms with Crippen LogP contribution in [0.3, 0.4) is 0 Å². The Labute approximate surface area is 165 Å². The molecule has 2 aromatic rings. The van der Waals surface area contributed by atoms with Crippen LogP contribution in [0.4, 0.5) is 0 Å². The summed E-state index contributed by atoms with van der Waals surface area (Å²) in [5, 5.41) is 0. The van der Waals surface area contributed by atoms with Crippen LogP contribution in [0.15, 0.2) is 55.6 Å². The Morgan fingerprint density at radius 3 is 2.86 bits per heavy atom. The number of nitrogens with zero attached hydrogens (tertiary/aromatic N) is 3. The van der Waals surface area contributed by atoms with Crippen LogP contribution >= 0.6 is 0 Å². The van der Waals surface area contributed by atoms with Crippen LogP contribution < -0.4 is 4.74 Å². The van der Waals surface area contributed by atoms with Gasteiger partial charge in [-0.15, -0.1) is 6.58 Å². The number of allylic oxidation sites excluding steroid dienone is 1. The van der Waals surface area contributed by atoms with E-state index in [1.165, 1.54) is 6.33 Å². The second-order valence-electron chi connectivity index (χ2n) is 7.78. The van der Waals surface area contributed by atoms with Gasteiger partial charge in [-0.3, -0.25) is 4.79 Å².